The third-order valence-corrected chi connectivity index (χ3v) is 3.13. The number of anilines is 2. The summed E-state index contributed by atoms with van der Waals surface area (Å²) < 4.78 is 0. The predicted octanol–water partition coefficient (Wildman–Crippen LogP) is 3.07. The van der Waals surface area contributed by atoms with Crippen LogP contribution in [-0.2, 0) is 0 Å². The van der Waals surface area contributed by atoms with Gasteiger partial charge in [0.25, 0.3) is 0 Å². The molecule has 5 heteroatoms. The normalized spacial score (nSPS) is 10.8. The first kappa shape index (κ1) is 9.35. The second-order valence-corrected chi connectivity index (χ2v) is 4.33. The summed E-state index contributed by atoms with van der Waals surface area (Å²) in [6.45, 7) is 2.04. The van der Waals surface area contributed by atoms with Gasteiger partial charge in [-0.25, -0.2) is 9.97 Å². The van der Waals surface area contributed by atoms with Gasteiger partial charge in [0, 0.05) is 11.6 Å². The van der Waals surface area contributed by atoms with E-state index in [1.54, 1.807) is 17.7 Å². The van der Waals surface area contributed by atoms with Gasteiger partial charge >= 0.3 is 0 Å². The Kier molecular flexibility index (Phi) is 2.11. The van der Waals surface area contributed by atoms with E-state index in [1.807, 2.05) is 24.6 Å². The molecule has 0 fully saturated rings. The summed E-state index contributed by atoms with van der Waals surface area (Å²) in [5.74, 6) is 0.849. The molecule has 3 aromatic rings. The number of fused-ring (bicyclic) bond motifs is 1. The van der Waals surface area contributed by atoms with Gasteiger partial charge in [0.05, 0.1) is 11.1 Å². The summed E-state index contributed by atoms with van der Waals surface area (Å²) in [6, 6.07) is 2.03. The summed E-state index contributed by atoms with van der Waals surface area (Å²) >= 11 is 1.66. The maximum atomic E-state index is 4.28. The molecule has 0 saturated heterocycles. The van der Waals surface area contributed by atoms with Crippen molar-refractivity contribution in [2.45, 2.75) is 6.92 Å². The van der Waals surface area contributed by atoms with Crippen LogP contribution in [0.15, 0.2) is 29.4 Å². The molecular formula is C11H10N4S. The van der Waals surface area contributed by atoms with Crippen LogP contribution in [0.3, 0.4) is 0 Å². The van der Waals surface area contributed by atoms with Gasteiger partial charge in [-0.15, -0.1) is 0 Å². The van der Waals surface area contributed by atoms with Crippen molar-refractivity contribution in [1.29, 1.82) is 0 Å². The third-order valence-electron chi connectivity index (χ3n) is 2.45. The molecule has 0 saturated carbocycles. The fourth-order valence-corrected chi connectivity index (χ4v) is 2.27. The van der Waals surface area contributed by atoms with Gasteiger partial charge in [-0.1, -0.05) is 0 Å². The maximum Gasteiger partial charge on any atom is 0.143 e. The van der Waals surface area contributed by atoms with Crippen molar-refractivity contribution in [1.82, 2.24) is 15.0 Å². The van der Waals surface area contributed by atoms with Crippen LogP contribution in [0.4, 0.5) is 11.5 Å². The first-order valence-electron chi connectivity index (χ1n) is 4.92. The summed E-state index contributed by atoms with van der Waals surface area (Å²) in [4.78, 5) is 11.6. The third kappa shape index (κ3) is 1.45. The zero-order valence-electron chi connectivity index (χ0n) is 8.69. The van der Waals surface area contributed by atoms with Gasteiger partial charge in [-0.2, -0.15) is 11.3 Å². The monoisotopic (exact) mass is 230 g/mol. The van der Waals surface area contributed by atoms with Crippen molar-refractivity contribution < 1.29 is 0 Å². The van der Waals surface area contributed by atoms with E-state index < -0.39 is 0 Å². The van der Waals surface area contributed by atoms with Crippen LogP contribution in [0.25, 0.3) is 11.0 Å². The molecule has 3 aromatic heterocycles. The van der Waals surface area contributed by atoms with E-state index in [2.05, 4.69) is 25.6 Å². The Hall–Kier alpha value is -1.88. The topological polar surface area (TPSA) is 53.6 Å². The van der Waals surface area contributed by atoms with Gasteiger partial charge in [0.1, 0.15) is 17.8 Å². The van der Waals surface area contributed by atoms with E-state index in [4.69, 9.17) is 0 Å². The molecule has 0 aliphatic rings. The lowest BCUT2D eigenvalue weighted by Gasteiger charge is -2.04. The highest BCUT2D eigenvalue weighted by Gasteiger charge is 2.08. The highest BCUT2D eigenvalue weighted by molar-refractivity contribution is 7.08. The largest absolute Gasteiger partial charge is 0.346 e. The van der Waals surface area contributed by atoms with Crippen LogP contribution in [0.5, 0.6) is 0 Å². The summed E-state index contributed by atoms with van der Waals surface area (Å²) in [5, 5.41) is 8.43. The van der Waals surface area contributed by atoms with Gasteiger partial charge in [-0.3, -0.25) is 0 Å². The van der Waals surface area contributed by atoms with E-state index in [0.29, 0.717) is 0 Å². The number of nitrogens with one attached hydrogen (secondary N) is 2. The predicted molar refractivity (Wildman–Crippen MR) is 66.2 cm³/mol. The SMILES string of the molecule is Cc1c[nH]c2ncnc(Nc3ccsc3)c12. The van der Waals surface area contributed by atoms with Crippen LogP contribution >= 0.6 is 11.3 Å². The first-order chi connectivity index (χ1) is 7.84. The van der Waals surface area contributed by atoms with Gasteiger partial charge < -0.3 is 10.3 Å². The lowest BCUT2D eigenvalue weighted by molar-refractivity contribution is 1.20. The number of rotatable bonds is 2. The minimum atomic E-state index is 0.849. The van der Waals surface area contributed by atoms with Gasteiger partial charge in [0.2, 0.25) is 0 Å². The number of H-pyrrole nitrogens is 1. The molecule has 0 aromatic carbocycles. The Balaban J connectivity index is 2.12. The van der Waals surface area contributed by atoms with Crippen molar-refractivity contribution in [3.8, 4) is 0 Å². The molecule has 0 spiro atoms. The van der Waals surface area contributed by atoms with Crippen molar-refractivity contribution in [2.75, 3.05) is 5.32 Å². The molecule has 0 aliphatic carbocycles. The van der Waals surface area contributed by atoms with Crippen LogP contribution in [0.2, 0.25) is 0 Å². The summed E-state index contributed by atoms with van der Waals surface area (Å²) in [7, 11) is 0. The Morgan fingerprint density at radius 1 is 1.38 bits per heavy atom. The van der Waals surface area contributed by atoms with Crippen molar-refractivity contribution in [3.05, 3.63) is 34.9 Å². The minimum absolute atomic E-state index is 0.849. The molecular weight excluding hydrogens is 220 g/mol. The molecule has 0 aliphatic heterocycles. The number of thiophene rings is 1. The molecule has 0 radical (unpaired) electrons. The van der Waals surface area contributed by atoms with E-state index in [1.165, 1.54) is 0 Å². The second kappa shape index (κ2) is 3.61. The van der Waals surface area contributed by atoms with Crippen LogP contribution < -0.4 is 5.32 Å². The number of aryl methyl sites for hydroxylation is 1. The lowest BCUT2D eigenvalue weighted by Crippen LogP contribution is -1.94. The number of hydrogen-bond acceptors (Lipinski definition) is 4. The smallest absolute Gasteiger partial charge is 0.143 e. The Bertz CT molecular complexity index is 612. The fourth-order valence-electron chi connectivity index (χ4n) is 1.68. The van der Waals surface area contributed by atoms with Gasteiger partial charge in [-0.05, 0) is 23.9 Å². The molecule has 80 valence electrons. The number of nitrogens with zero attached hydrogens (tertiary/aromatic N) is 2. The first-order valence-corrected chi connectivity index (χ1v) is 5.87. The number of hydrogen-bond donors (Lipinski definition) is 2. The molecule has 4 nitrogen and oxygen atoms in total. The standard InChI is InChI=1S/C11H10N4S/c1-7-4-12-10-9(7)11(14-6-13-10)15-8-2-3-16-5-8/h2-6H,1H3,(H2,12,13,14,15). The van der Waals surface area contributed by atoms with E-state index in [-0.39, 0.29) is 0 Å². The highest BCUT2D eigenvalue weighted by Crippen LogP contribution is 2.26. The molecule has 2 N–H and O–H groups in total. The quantitative estimate of drug-likeness (QED) is 0.711. The molecule has 0 amide bonds. The summed E-state index contributed by atoms with van der Waals surface area (Å²) in [6.07, 6.45) is 3.51. The van der Waals surface area contributed by atoms with E-state index >= 15 is 0 Å². The molecule has 0 bridgehead atoms. The average Bonchev–Trinajstić information content (AvgIpc) is 2.90. The van der Waals surface area contributed by atoms with Gasteiger partial charge in [0.15, 0.2) is 0 Å². The van der Waals surface area contributed by atoms with Crippen molar-refractivity contribution in [3.63, 3.8) is 0 Å². The lowest BCUT2D eigenvalue weighted by atomic mass is 10.2. The zero-order valence-corrected chi connectivity index (χ0v) is 9.51. The van der Waals surface area contributed by atoms with Crippen LogP contribution in [0.1, 0.15) is 5.56 Å². The average molecular weight is 230 g/mol. The molecule has 0 atom stereocenters. The molecule has 16 heavy (non-hydrogen) atoms. The summed E-state index contributed by atoms with van der Waals surface area (Å²) in [5.41, 5.74) is 3.07. The molecule has 3 heterocycles. The number of aromatic amines is 1. The number of aromatic nitrogens is 3. The maximum absolute atomic E-state index is 4.28. The Morgan fingerprint density at radius 3 is 3.12 bits per heavy atom. The van der Waals surface area contributed by atoms with E-state index in [9.17, 15) is 0 Å². The zero-order chi connectivity index (χ0) is 11.0. The van der Waals surface area contributed by atoms with E-state index in [0.717, 1.165) is 28.1 Å². The fraction of sp³-hybridized carbons (Fsp3) is 0.0909. The Labute approximate surface area is 96.4 Å². The second-order valence-electron chi connectivity index (χ2n) is 3.55. The minimum Gasteiger partial charge on any atom is -0.346 e. The van der Waals surface area contributed by atoms with Crippen molar-refractivity contribution in [2.24, 2.45) is 0 Å². The molecule has 3 rings (SSSR count). The van der Waals surface area contributed by atoms with Crippen molar-refractivity contribution >= 4 is 33.9 Å². The highest BCUT2D eigenvalue weighted by atomic mass is 32.1. The van der Waals surface area contributed by atoms with Crippen LogP contribution in [0, 0.1) is 6.92 Å². The Morgan fingerprint density at radius 2 is 2.31 bits per heavy atom. The van der Waals surface area contributed by atoms with Crippen LogP contribution in [-0.4, -0.2) is 15.0 Å². The molecule has 0 unspecified atom stereocenters.